The third-order valence-electron chi connectivity index (χ3n) is 6.01. The van der Waals surface area contributed by atoms with Gasteiger partial charge in [0, 0.05) is 18.2 Å². The summed E-state index contributed by atoms with van der Waals surface area (Å²) in [6.07, 6.45) is 0.848. The quantitative estimate of drug-likeness (QED) is 0.391. The Morgan fingerprint density at radius 1 is 0.833 bits per heavy atom. The number of amides is 1. The summed E-state index contributed by atoms with van der Waals surface area (Å²) in [7, 11) is 3.01. The highest BCUT2D eigenvalue weighted by Crippen LogP contribution is 2.30. The number of fused-ring (bicyclic) bond motifs is 1. The molecule has 8 heteroatoms. The fraction of sp³-hybridized carbons (Fsp3) is 0.250. The molecule has 0 spiro atoms. The van der Waals surface area contributed by atoms with Gasteiger partial charge in [0.05, 0.1) is 38.2 Å². The van der Waals surface area contributed by atoms with Crippen LogP contribution in [0.3, 0.4) is 0 Å². The van der Waals surface area contributed by atoms with Crippen molar-refractivity contribution >= 4 is 16.8 Å². The minimum atomic E-state index is -0.437. The number of benzene rings is 3. The Labute approximate surface area is 208 Å². The fourth-order valence-electron chi connectivity index (χ4n) is 4.09. The van der Waals surface area contributed by atoms with Gasteiger partial charge in [-0.25, -0.2) is 4.79 Å². The van der Waals surface area contributed by atoms with Gasteiger partial charge >= 0.3 is 5.69 Å². The van der Waals surface area contributed by atoms with Gasteiger partial charge in [-0.05, 0) is 35.7 Å². The van der Waals surface area contributed by atoms with Crippen LogP contribution in [0.15, 0.2) is 76.3 Å². The summed E-state index contributed by atoms with van der Waals surface area (Å²) < 4.78 is 13.6. The molecule has 3 aromatic carbocycles. The average molecular weight is 488 g/mol. The first-order valence-corrected chi connectivity index (χ1v) is 11.8. The smallest absolute Gasteiger partial charge is 0.332 e. The molecular weight excluding hydrogens is 458 g/mol. The molecule has 4 aromatic rings. The second-order valence-electron chi connectivity index (χ2n) is 8.42. The highest BCUT2D eigenvalue weighted by atomic mass is 16.5. The van der Waals surface area contributed by atoms with Gasteiger partial charge in [0.2, 0.25) is 0 Å². The Kier molecular flexibility index (Phi) is 7.53. The molecule has 0 unspecified atom stereocenters. The van der Waals surface area contributed by atoms with Gasteiger partial charge < -0.3 is 14.8 Å². The molecule has 0 aliphatic rings. The summed E-state index contributed by atoms with van der Waals surface area (Å²) in [6, 6.07) is 19.7. The lowest BCUT2D eigenvalue weighted by molar-refractivity contribution is 0.0953. The third kappa shape index (κ3) is 5.02. The van der Waals surface area contributed by atoms with Crippen molar-refractivity contribution in [2.75, 3.05) is 20.8 Å². The molecule has 4 rings (SSSR count). The Balaban J connectivity index is 1.82. The van der Waals surface area contributed by atoms with E-state index in [0.29, 0.717) is 34.5 Å². The van der Waals surface area contributed by atoms with Crippen LogP contribution in [-0.4, -0.2) is 35.8 Å². The molecule has 1 N–H and O–H groups in total. The highest BCUT2D eigenvalue weighted by Gasteiger charge is 2.18. The van der Waals surface area contributed by atoms with Crippen LogP contribution in [0.1, 0.15) is 34.8 Å². The molecule has 0 aliphatic carbocycles. The van der Waals surface area contributed by atoms with Crippen molar-refractivity contribution in [3.05, 3.63) is 104 Å². The van der Waals surface area contributed by atoms with Crippen molar-refractivity contribution in [1.29, 1.82) is 0 Å². The average Bonchev–Trinajstić information content (AvgIpc) is 2.92. The molecule has 0 aliphatic heterocycles. The molecule has 0 radical (unpaired) electrons. The highest BCUT2D eigenvalue weighted by molar-refractivity contribution is 5.94. The van der Waals surface area contributed by atoms with Gasteiger partial charge in [0.25, 0.3) is 11.5 Å². The zero-order chi connectivity index (χ0) is 25.7. The van der Waals surface area contributed by atoms with Gasteiger partial charge in [0.15, 0.2) is 11.5 Å². The number of carbonyl (C=O) groups excluding carboxylic acids is 1. The van der Waals surface area contributed by atoms with E-state index in [1.807, 2.05) is 37.3 Å². The normalized spacial score (nSPS) is 10.9. The van der Waals surface area contributed by atoms with E-state index in [1.54, 1.807) is 41.0 Å². The zero-order valence-corrected chi connectivity index (χ0v) is 20.6. The molecule has 36 heavy (non-hydrogen) atoms. The van der Waals surface area contributed by atoms with Gasteiger partial charge in [-0.3, -0.25) is 18.7 Å². The fourth-order valence-corrected chi connectivity index (χ4v) is 4.09. The number of hydrogen-bond donors (Lipinski definition) is 1. The van der Waals surface area contributed by atoms with Crippen molar-refractivity contribution in [2.45, 2.75) is 26.4 Å². The summed E-state index contributed by atoms with van der Waals surface area (Å²) >= 11 is 0. The first-order valence-electron chi connectivity index (χ1n) is 11.8. The molecule has 0 bridgehead atoms. The van der Waals surface area contributed by atoms with Crippen LogP contribution in [0.25, 0.3) is 10.9 Å². The van der Waals surface area contributed by atoms with Crippen LogP contribution < -0.4 is 26.0 Å². The van der Waals surface area contributed by atoms with E-state index in [1.165, 1.54) is 18.8 Å². The molecule has 0 fully saturated rings. The summed E-state index contributed by atoms with van der Waals surface area (Å²) in [4.78, 5) is 39.4. The van der Waals surface area contributed by atoms with E-state index in [0.717, 1.165) is 17.5 Å². The Morgan fingerprint density at radius 2 is 1.44 bits per heavy atom. The standard InChI is InChI=1S/C28H29N3O5/c1-4-14-29-26(32)21-12-10-20(11-13-21)18-31-27(33)22-15-24(35-2)25(36-3)16-23(22)30(28(31)34)17-19-8-6-5-7-9-19/h5-13,15-16H,4,14,17-18H2,1-3H3,(H,29,32). The Morgan fingerprint density at radius 3 is 2.08 bits per heavy atom. The van der Waals surface area contributed by atoms with Crippen LogP contribution in [0.2, 0.25) is 0 Å². The number of methoxy groups -OCH3 is 2. The van der Waals surface area contributed by atoms with Crippen molar-refractivity contribution < 1.29 is 14.3 Å². The molecule has 1 heterocycles. The van der Waals surface area contributed by atoms with Crippen molar-refractivity contribution in [3.63, 3.8) is 0 Å². The van der Waals surface area contributed by atoms with Gasteiger partial charge in [-0.1, -0.05) is 49.4 Å². The van der Waals surface area contributed by atoms with Gasteiger partial charge in [-0.2, -0.15) is 0 Å². The van der Waals surface area contributed by atoms with Gasteiger partial charge in [0.1, 0.15) is 0 Å². The molecule has 1 amide bonds. The lowest BCUT2D eigenvalue weighted by Gasteiger charge is -2.17. The summed E-state index contributed by atoms with van der Waals surface area (Å²) in [5, 5.41) is 3.18. The first kappa shape index (κ1) is 24.8. The van der Waals surface area contributed by atoms with E-state index in [9.17, 15) is 14.4 Å². The summed E-state index contributed by atoms with van der Waals surface area (Å²) in [6.45, 7) is 2.93. The van der Waals surface area contributed by atoms with Gasteiger partial charge in [-0.15, -0.1) is 0 Å². The van der Waals surface area contributed by atoms with Crippen molar-refractivity contribution in [1.82, 2.24) is 14.5 Å². The van der Waals surface area contributed by atoms with Crippen LogP contribution in [0.5, 0.6) is 11.5 Å². The molecule has 1 aromatic heterocycles. The van der Waals surface area contributed by atoms with Crippen molar-refractivity contribution in [2.24, 2.45) is 0 Å². The minimum absolute atomic E-state index is 0.0631. The minimum Gasteiger partial charge on any atom is -0.493 e. The Bertz CT molecular complexity index is 1490. The molecule has 186 valence electrons. The zero-order valence-electron chi connectivity index (χ0n) is 20.6. The lowest BCUT2D eigenvalue weighted by Crippen LogP contribution is -2.40. The van der Waals surface area contributed by atoms with Crippen LogP contribution >= 0.6 is 0 Å². The largest absolute Gasteiger partial charge is 0.493 e. The second kappa shape index (κ2) is 10.9. The van der Waals surface area contributed by atoms with E-state index in [4.69, 9.17) is 9.47 Å². The summed E-state index contributed by atoms with van der Waals surface area (Å²) in [5.74, 6) is 0.679. The van der Waals surface area contributed by atoms with E-state index in [2.05, 4.69) is 5.32 Å². The molecule has 0 saturated heterocycles. The first-order chi connectivity index (χ1) is 17.5. The maximum absolute atomic E-state index is 13.6. The van der Waals surface area contributed by atoms with E-state index < -0.39 is 11.2 Å². The maximum Gasteiger partial charge on any atom is 0.332 e. The van der Waals surface area contributed by atoms with Crippen LogP contribution in [0, 0.1) is 0 Å². The Hall–Kier alpha value is -4.33. The predicted octanol–water partition coefficient (Wildman–Crippen LogP) is 3.42. The number of nitrogens with zero attached hydrogens (tertiary/aromatic N) is 2. The lowest BCUT2D eigenvalue weighted by atomic mass is 10.1. The maximum atomic E-state index is 13.6. The SMILES string of the molecule is CCCNC(=O)c1ccc(Cn2c(=O)c3cc(OC)c(OC)cc3n(Cc3ccccc3)c2=O)cc1. The second-order valence-corrected chi connectivity index (χ2v) is 8.42. The number of ether oxygens (including phenoxy) is 2. The number of rotatable bonds is 9. The molecule has 0 saturated carbocycles. The number of nitrogens with one attached hydrogen (secondary N) is 1. The topological polar surface area (TPSA) is 91.6 Å². The molecule has 8 nitrogen and oxygen atoms in total. The molecule has 0 atom stereocenters. The monoisotopic (exact) mass is 487 g/mol. The van der Waals surface area contributed by atoms with E-state index >= 15 is 0 Å². The predicted molar refractivity (Wildman–Crippen MR) is 139 cm³/mol. The third-order valence-corrected chi connectivity index (χ3v) is 6.01. The number of hydrogen-bond acceptors (Lipinski definition) is 5. The van der Waals surface area contributed by atoms with Crippen LogP contribution in [0.4, 0.5) is 0 Å². The molecular formula is C28H29N3O5. The number of carbonyl (C=O) groups is 1. The van der Waals surface area contributed by atoms with Crippen LogP contribution in [-0.2, 0) is 13.1 Å². The summed E-state index contributed by atoms with van der Waals surface area (Å²) in [5.41, 5.74) is 1.77. The van der Waals surface area contributed by atoms with Crippen molar-refractivity contribution in [3.8, 4) is 11.5 Å². The van der Waals surface area contributed by atoms with E-state index in [-0.39, 0.29) is 19.0 Å². The number of aromatic nitrogens is 2.